The Kier molecular flexibility index (Phi) is 6.67. The van der Waals surface area contributed by atoms with Crippen LogP contribution in [-0.2, 0) is 11.2 Å². The first-order valence-electron chi connectivity index (χ1n) is 9.56. The van der Waals surface area contributed by atoms with Crippen molar-refractivity contribution >= 4 is 0 Å². The van der Waals surface area contributed by atoms with Gasteiger partial charge in [0.25, 0.3) is 0 Å². The lowest BCUT2D eigenvalue weighted by atomic mass is 9.94. The zero-order valence-electron chi connectivity index (χ0n) is 15.8. The van der Waals surface area contributed by atoms with Crippen LogP contribution in [0.15, 0.2) is 36.4 Å². The van der Waals surface area contributed by atoms with Crippen LogP contribution in [0, 0.1) is 17.6 Å². The van der Waals surface area contributed by atoms with E-state index in [4.69, 9.17) is 14.2 Å². The molecule has 1 heterocycles. The third-order valence-electron chi connectivity index (χ3n) is 4.92. The van der Waals surface area contributed by atoms with Gasteiger partial charge >= 0.3 is 0 Å². The topological polar surface area (TPSA) is 27.7 Å². The average molecular weight is 376 g/mol. The second-order valence-electron chi connectivity index (χ2n) is 6.79. The number of halogens is 2. The number of hydrogen-bond acceptors (Lipinski definition) is 3. The minimum Gasteiger partial charge on any atom is -0.491 e. The molecule has 2 unspecified atom stereocenters. The second-order valence-corrected chi connectivity index (χ2v) is 6.79. The van der Waals surface area contributed by atoms with Gasteiger partial charge in [-0.3, -0.25) is 0 Å². The molecule has 0 saturated carbocycles. The molecule has 0 aliphatic carbocycles. The fourth-order valence-electron chi connectivity index (χ4n) is 3.27. The first-order chi connectivity index (χ1) is 13.1. The number of aryl methyl sites for hydroxylation is 1. The summed E-state index contributed by atoms with van der Waals surface area (Å²) in [6.07, 6.45) is 2.92. The van der Waals surface area contributed by atoms with E-state index in [2.05, 4.69) is 31.2 Å². The molecule has 2 aromatic rings. The zero-order valence-corrected chi connectivity index (χ0v) is 15.8. The van der Waals surface area contributed by atoms with Crippen molar-refractivity contribution < 1.29 is 23.0 Å². The molecular weight excluding hydrogens is 350 g/mol. The monoisotopic (exact) mass is 376 g/mol. The third-order valence-corrected chi connectivity index (χ3v) is 4.92. The van der Waals surface area contributed by atoms with E-state index in [-0.39, 0.29) is 30.1 Å². The van der Waals surface area contributed by atoms with Crippen LogP contribution in [0.25, 0.3) is 0 Å². The molecule has 1 fully saturated rings. The number of hydrogen-bond donors (Lipinski definition) is 0. The van der Waals surface area contributed by atoms with E-state index >= 15 is 0 Å². The molecule has 5 heteroatoms. The second kappa shape index (κ2) is 9.18. The van der Waals surface area contributed by atoms with Gasteiger partial charge in [0.15, 0.2) is 11.5 Å². The summed E-state index contributed by atoms with van der Waals surface area (Å²) in [7, 11) is 0. The van der Waals surface area contributed by atoms with Crippen molar-refractivity contribution in [1.29, 1.82) is 0 Å². The summed E-state index contributed by atoms with van der Waals surface area (Å²) in [5, 5.41) is 0. The largest absolute Gasteiger partial charge is 0.491 e. The fraction of sp³-hybridized carbons (Fsp3) is 0.455. The summed E-state index contributed by atoms with van der Waals surface area (Å²) in [6, 6.07) is 11.3. The molecule has 0 aromatic heterocycles. The molecule has 1 saturated heterocycles. The maximum absolute atomic E-state index is 14.1. The number of rotatable bonds is 7. The van der Waals surface area contributed by atoms with Crippen LogP contribution >= 0.6 is 0 Å². The normalized spacial score (nSPS) is 19.7. The van der Waals surface area contributed by atoms with E-state index in [9.17, 15) is 8.78 Å². The van der Waals surface area contributed by atoms with Gasteiger partial charge in [-0.25, -0.2) is 0 Å². The molecule has 1 aliphatic rings. The maximum Gasteiger partial charge on any atom is 0.204 e. The summed E-state index contributed by atoms with van der Waals surface area (Å²) in [5.41, 5.74) is 2.50. The Labute approximate surface area is 159 Å². The minimum absolute atomic E-state index is 0.0896. The SMILES string of the molecule is CCOc1ccc(OCC2CCC(c3ccc(CC)cc3)OC2)c(F)c1F. The van der Waals surface area contributed by atoms with Gasteiger partial charge in [0, 0.05) is 5.92 Å². The summed E-state index contributed by atoms with van der Waals surface area (Å²) in [6.45, 7) is 4.97. The minimum atomic E-state index is -1.01. The molecule has 0 radical (unpaired) electrons. The molecule has 0 N–H and O–H groups in total. The van der Waals surface area contributed by atoms with Crippen molar-refractivity contribution in [1.82, 2.24) is 0 Å². The highest BCUT2D eigenvalue weighted by atomic mass is 19.2. The van der Waals surface area contributed by atoms with Crippen molar-refractivity contribution in [3.05, 3.63) is 59.2 Å². The third kappa shape index (κ3) is 4.78. The van der Waals surface area contributed by atoms with Crippen LogP contribution in [-0.4, -0.2) is 19.8 Å². The Balaban J connectivity index is 1.51. The number of ether oxygens (including phenoxy) is 3. The van der Waals surface area contributed by atoms with Crippen molar-refractivity contribution in [2.45, 2.75) is 39.2 Å². The van der Waals surface area contributed by atoms with Gasteiger partial charge in [0.05, 0.1) is 25.9 Å². The molecule has 2 atom stereocenters. The fourth-order valence-corrected chi connectivity index (χ4v) is 3.27. The number of benzene rings is 2. The van der Waals surface area contributed by atoms with Gasteiger partial charge in [-0.1, -0.05) is 31.2 Å². The quantitative estimate of drug-likeness (QED) is 0.641. The van der Waals surface area contributed by atoms with E-state index in [0.29, 0.717) is 13.2 Å². The van der Waals surface area contributed by atoms with Gasteiger partial charge in [-0.05, 0) is 49.4 Å². The molecule has 2 aromatic carbocycles. The molecule has 3 nitrogen and oxygen atoms in total. The predicted molar refractivity (Wildman–Crippen MR) is 100 cm³/mol. The molecule has 0 bridgehead atoms. The van der Waals surface area contributed by atoms with Gasteiger partial charge in [0.2, 0.25) is 11.6 Å². The summed E-state index contributed by atoms with van der Waals surface area (Å²) in [5.74, 6) is -2.05. The molecule has 3 rings (SSSR count). The van der Waals surface area contributed by atoms with Crippen LogP contribution in [0.2, 0.25) is 0 Å². The molecule has 0 spiro atoms. The van der Waals surface area contributed by atoms with Gasteiger partial charge in [0.1, 0.15) is 0 Å². The molecule has 146 valence electrons. The van der Waals surface area contributed by atoms with Crippen LogP contribution in [0.5, 0.6) is 11.5 Å². The van der Waals surface area contributed by atoms with Crippen LogP contribution in [0.4, 0.5) is 8.78 Å². The summed E-state index contributed by atoms with van der Waals surface area (Å²) in [4.78, 5) is 0. The van der Waals surface area contributed by atoms with Crippen molar-refractivity contribution in [2.75, 3.05) is 19.8 Å². The van der Waals surface area contributed by atoms with E-state index in [1.807, 2.05) is 0 Å². The van der Waals surface area contributed by atoms with E-state index in [0.717, 1.165) is 19.3 Å². The van der Waals surface area contributed by atoms with Crippen molar-refractivity contribution in [3.63, 3.8) is 0 Å². The Morgan fingerprint density at radius 1 is 0.926 bits per heavy atom. The average Bonchev–Trinajstić information content (AvgIpc) is 2.71. The maximum atomic E-state index is 14.1. The van der Waals surface area contributed by atoms with Crippen LogP contribution in [0.1, 0.15) is 43.9 Å². The Hall–Kier alpha value is -2.14. The van der Waals surface area contributed by atoms with E-state index in [1.165, 1.54) is 23.3 Å². The highest BCUT2D eigenvalue weighted by Gasteiger charge is 2.24. The van der Waals surface area contributed by atoms with Gasteiger partial charge in [-0.15, -0.1) is 0 Å². The molecular formula is C22H26F2O3. The van der Waals surface area contributed by atoms with Crippen LogP contribution < -0.4 is 9.47 Å². The first kappa shape index (κ1) is 19.6. The van der Waals surface area contributed by atoms with Crippen molar-refractivity contribution in [3.8, 4) is 11.5 Å². The Morgan fingerprint density at radius 3 is 2.15 bits per heavy atom. The van der Waals surface area contributed by atoms with Crippen LogP contribution in [0.3, 0.4) is 0 Å². The molecule has 27 heavy (non-hydrogen) atoms. The molecule has 1 aliphatic heterocycles. The van der Waals surface area contributed by atoms with E-state index < -0.39 is 11.6 Å². The Morgan fingerprint density at radius 2 is 1.59 bits per heavy atom. The Bertz CT molecular complexity index is 738. The van der Waals surface area contributed by atoms with Gasteiger partial charge in [-0.2, -0.15) is 8.78 Å². The zero-order chi connectivity index (χ0) is 19.2. The standard InChI is InChI=1S/C22H26F2O3/c1-3-15-5-8-17(9-6-15)18-10-7-16(13-26-18)14-27-20-12-11-19(25-4-2)21(23)22(20)24/h5-6,8-9,11-12,16,18H,3-4,7,10,13-14H2,1-2H3. The smallest absolute Gasteiger partial charge is 0.204 e. The lowest BCUT2D eigenvalue weighted by Gasteiger charge is -2.29. The molecule has 0 amide bonds. The summed E-state index contributed by atoms with van der Waals surface area (Å²) >= 11 is 0. The predicted octanol–water partition coefficient (Wildman–Crippen LogP) is 5.47. The first-order valence-corrected chi connectivity index (χ1v) is 9.56. The van der Waals surface area contributed by atoms with Crippen molar-refractivity contribution in [2.24, 2.45) is 5.92 Å². The van der Waals surface area contributed by atoms with Gasteiger partial charge < -0.3 is 14.2 Å². The summed E-state index contributed by atoms with van der Waals surface area (Å²) < 4.78 is 44.5. The lowest BCUT2D eigenvalue weighted by Crippen LogP contribution is -2.25. The highest BCUT2D eigenvalue weighted by Crippen LogP contribution is 2.32. The lowest BCUT2D eigenvalue weighted by molar-refractivity contribution is -0.0289. The highest BCUT2D eigenvalue weighted by molar-refractivity contribution is 5.35. The van der Waals surface area contributed by atoms with E-state index in [1.54, 1.807) is 6.92 Å².